The summed E-state index contributed by atoms with van der Waals surface area (Å²) in [6.45, 7) is 3.51. The number of piperidine rings is 1. The summed E-state index contributed by atoms with van der Waals surface area (Å²) in [7, 11) is 0. The maximum absolute atomic E-state index is 14.8. The number of fused-ring (bicyclic) bond motifs is 1. The van der Waals surface area contributed by atoms with Crippen molar-refractivity contribution in [3.05, 3.63) is 65.7 Å². The second kappa shape index (κ2) is 13.7. The minimum absolute atomic E-state index is 0.0310. The summed E-state index contributed by atoms with van der Waals surface area (Å²) in [6.07, 6.45) is 12.4. The molecule has 3 N–H and O–H groups in total. The molecule has 0 bridgehead atoms. The number of carbonyl (C=O) groups is 1. The van der Waals surface area contributed by atoms with E-state index in [1.54, 1.807) is 23.8 Å². The quantitative estimate of drug-likeness (QED) is 0.104. The molecule has 0 aliphatic carbocycles. The number of nitrogens with one attached hydrogen (secondary N) is 1. The number of carbonyl (C=O) groups excluding carboxylic acids is 1. The lowest BCUT2D eigenvalue weighted by atomic mass is 9.91. The van der Waals surface area contributed by atoms with Crippen LogP contribution in [-0.2, 0) is 4.79 Å². The molecule has 1 fully saturated rings. The zero-order valence-electron chi connectivity index (χ0n) is 24.4. The van der Waals surface area contributed by atoms with Gasteiger partial charge in [-0.2, -0.15) is 5.26 Å². The Bertz CT molecular complexity index is 1640. The molecule has 1 aliphatic heterocycles. The molecule has 0 atom stereocenters. The molecule has 5 rings (SSSR count). The molecule has 1 saturated heterocycles. The van der Waals surface area contributed by atoms with Crippen molar-refractivity contribution in [2.24, 2.45) is 5.92 Å². The molecular formula is C33H37FN6O3. The van der Waals surface area contributed by atoms with Gasteiger partial charge in [-0.25, -0.2) is 19.8 Å². The Balaban J connectivity index is 1.36. The number of rotatable bonds is 11. The van der Waals surface area contributed by atoms with E-state index in [0.717, 1.165) is 69.5 Å². The van der Waals surface area contributed by atoms with Crippen molar-refractivity contribution in [1.82, 2.24) is 19.8 Å². The molecule has 0 unspecified atom stereocenters. The number of phenolic OH excluding ortho intramolecular Hbond substituents is 1. The second-order valence-corrected chi connectivity index (χ2v) is 11.3. The number of hydrogen-bond acceptors (Lipinski definition) is 7. The van der Waals surface area contributed by atoms with Gasteiger partial charge < -0.3 is 10.0 Å². The number of hydroxylamine groups is 1. The van der Waals surface area contributed by atoms with Crippen molar-refractivity contribution < 1.29 is 19.5 Å². The summed E-state index contributed by atoms with van der Waals surface area (Å²) >= 11 is 0. The van der Waals surface area contributed by atoms with Gasteiger partial charge in [0.15, 0.2) is 0 Å². The van der Waals surface area contributed by atoms with Crippen LogP contribution in [0.3, 0.4) is 0 Å². The molecule has 224 valence electrons. The normalized spacial score (nSPS) is 13.8. The Labute approximate surface area is 250 Å². The first kappa shape index (κ1) is 30.0. The van der Waals surface area contributed by atoms with Crippen molar-refractivity contribution >= 4 is 17.5 Å². The number of aromatic hydroxyl groups is 1. The highest BCUT2D eigenvalue weighted by Gasteiger charge is 2.26. The molecule has 3 heterocycles. The topological polar surface area (TPSA) is 127 Å². The van der Waals surface area contributed by atoms with Crippen LogP contribution in [0.5, 0.6) is 5.75 Å². The summed E-state index contributed by atoms with van der Waals surface area (Å²) in [5.41, 5.74) is 5.52. The Kier molecular flexibility index (Phi) is 9.52. The Morgan fingerprint density at radius 2 is 1.84 bits per heavy atom. The lowest BCUT2D eigenvalue weighted by Gasteiger charge is -2.33. The van der Waals surface area contributed by atoms with Crippen molar-refractivity contribution in [3.63, 3.8) is 0 Å². The van der Waals surface area contributed by atoms with Crippen molar-refractivity contribution in [2.75, 3.05) is 18.0 Å². The third-order valence-corrected chi connectivity index (χ3v) is 8.43. The van der Waals surface area contributed by atoms with Gasteiger partial charge in [-0.15, -0.1) is 0 Å². The van der Waals surface area contributed by atoms with Gasteiger partial charge >= 0.3 is 0 Å². The van der Waals surface area contributed by atoms with Gasteiger partial charge in [0, 0.05) is 37.5 Å². The third-order valence-electron chi connectivity index (χ3n) is 8.43. The van der Waals surface area contributed by atoms with Crippen LogP contribution in [0.15, 0.2) is 48.8 Å². The minimum Gasteiger partial charge on any atom is -0.508 e. The number of halogens is 1. The van der Waals surface area contributed by atoms with Crippen LogP contribution in [0.1, 0.15) is 68.9 Å². The fourth-order valence-electron chi connectivity index (χ4n) is 5.91. The average molecular weight is 585 g/mol. The number of unbranched alkanes of at least 4 members (excludes halogenated alkanes) is 4. The van der Waals surface area contributed by atoms with E-state index < -0.39 is 5.82 Å². The van der Waals surface area contributed by atoms with E-state index >= 15 is 0 Å². The number of aryl methyl sites for hydroxylation is 1. The maximum atomic E-state index is 14.8. The first-order chi connectivity index (χ1) is 20.9. The Hall–Kier alpha value is -4.49. The van der Waals surface area contributed by atoms with E-state index in [0.29, 0.717) is 40.4 Å². The highest BCUT2D eigenvalue weighted by molar-refractivity contribution is 5.91. The second-order valence-electron chi connectivity index (χ2n) is 11.3. The lowest BCUT2D eigenvalue weighted by molar-refractivity contribution is -0.129. The molecule has 1 amide bonds. The predicted octanol–water partition coefficient (Wildman–Crippen LogP) is 6.54. The molecule has 9 nitrogen and oxygen atoms in total. The monoisotopic (exact) mass is 584 g/mol. The predicted molar refractivity (Wildman–Crippen MR) is 162 cm³/mol. The number of nitriles is 1. The van der Waals surface area contributed by atoms with Gasteiger partial charge in [0.1, 0.15) is 23.3 Å². The molecule has 1 aliphatic rings. The van der Waals surface area contributed by atoms with Crippen LogP contribution in [0.2, 0.25) is 0 Å². The van der Waals surface area contributed by atoms with Crippen LogP contribution in [-0.4, -0.2) is 43.7 Å². The number of nitrogens with zero attached hydrogens (tertiary/aromatic N) is 5. The van der Waals surface area contributed by atoms with Gasteiger partial charge in [-0.3, -0.25) is 14.4 Å². The molecule has 0 spiro atoms. The molecule has 0 saturated carbocycles. The van der Waals surface area contributed by atoms with E-state index in [-0.39, 0.29) is 17.2 Å². The molecule has 2 aromatic heterocycles. The Morgan fingerprint density at radius 3 is 2.56 bits per heavy atom. The fraction of sp³-hybridized carbons (Fsp3) is 0.394. The van der Waals surface area contributed by atoms with Crippen LogP contribution in [0.25, 0.3) is 28.0 Å². The summed E-state index contributed by atoms with van der Waals surface area (Å²) < 4.78 is 16.8. The number of phenols is 1. The summed E-state index contributed by atoms with van der Waals surface area (Å²) in [5.74, 6) is 0.587. The zero-order valence-corrected chi connectivity index (χ0v) is 24.4. The van der Waals surface area contributed by atoms with Crippen LogP contribution < -0.4 is 10.4 Å². The lowest BCUT2D eigenvalue weighted by Crippen LogP contribution is -2.35. The molecule has 0 radical (unpaired) electrons. The van der Waals surface area contributed by atoms with Gasteiger partial charge in [0.2, 0.25) is 11.9 Å². The Morgan fingerprint density at radius 1 is 1.09 bits per heavy atom. The fourth-order valence-corrected chi connectivity index (χ4v) is 5.91. The highest BCUT2D eigenvalue weighted by Crippen LogP contribution is 2.39. The summed E-state index contributed by atoms with van der Waals surface area (Å²) in [5, 5.41) is 28.4. The van der Waals surface area contributed by atoms with Gasteiger partial charge in [-0.1, -0.05) is 50.3 Å². The minimum atomic E-state index is -0.610. The molecule has 10 heteroatoms. The van der Waals surface area contributed by atoms with Crippen LogP contribution in [0, 0.1) is 30.0 Å². The smallest absolute Gasteiger partial charge is 0.243 e. The molecule has 4 aromatic rings. The standard InChI is InChI=1S/C33H37FN6O3/c1-22-9-10-24(20-28(22)41)30-31(25-11-12-26(21-35)27(34)19-25)37-33(40-18-15-36-32(30)40)39-16-13-23(14-17-39)7-5-3-2-4-6-8-29(42)38-43/h9-12,15,18-20,23,41,43H,2-8,13-14,16-17H2,1H3,(H,38,42). The zero-order chi connectivity index (χ0) is 30.3. The van der Waals surface area contributed by atoms with E-state index in [4.69, 9.17) is 10.2 Å². The van der Waals surface area contributed by atoms with Gasteiger partial charge in [-0.05, 0) is 61.4 Å². The van der Waals surface area contributed by atoms with Gasteiger partial charge in [0.05, 0.1) is 16.8 Å². The van der Waals surface area contributed by atoms with Gasteiger partial charge in [0.25, 0.3) is 0 Å². The van der Waals surface area contributed by atoms with Crippen molar-refractivity contribution in [3.8, 4) is 34.2 Å². The number of benzene rings is 2. The first-order valence-electron chi connectivity index (χ1n) is 14.9. The first-order valence-corrected chi connectivity index (χ1v) is 14.9. The maximum Gasteiger partial charge on any atom is 0.243 e. The van der Waals surface area contributed by atoms with Crippen molar-refractivity contribution in [1.29, 1.82) is 5.26 Å². The van der Waals surface area contributed by atoms with Crippen molar-refractivity contribution in [2.45, 2.75) is 64.7 Å². The molecular weight excluding hydrogens is 547 g/mol. The number of imidazole rings is 1. The highest BCUT2D eigenvalue weighted by atomic mass is 19.1. The average Bonchev–Trinajstić information content (AvgIpc) is 3.51. The number of anilines is 1. The SMILES string of the molecule is Cc1ccc(-c2c(-c3ccc(C#N)c(F)c3)nc(N3CCC(CCCCCCCC(=O)NO)CC3)n3ccnc23)cc1O. The summed E-state index contributed by atoms with van der Waals surface area (Å²) in [6, 6.07) is 11.8. The molecule has 43 heavy (non-hydrogen) atoms. The van der Waals surface area contributed by atoms with E-state index in [1.165, 1.54) is 18.6 Å². The number of hydrogen-bond donors (Lipinski definition) is 3. The molecule has 2 aromatic carbocycles. The van der Waals surface area contributed by atoms with E-state index in [2.05, 4.69) is 9.88 Å². The largest absolute Gasteiger partial charge is 0.508 e. The number of amides is 1. The number of aromatic nitrogens is 3. The van der Waals surface area contributed by atoms with Crippen LogP contribution in [0.4, 0.5) is 10.3 Å². The van der Waals surface area contributed by atoms with E-state index in [1.807, 2.05) is 35.7 Å². The van der Waals surface area contributed by atoms with Crippen LogP contribution >= 0.6 is 0 Å². The van der Waals surface area contributed by atoms with E-state index in [9.17, 15) is 19.6 Å². The summed E-state index contributed by atoms with van der Waals surface area (Å²) in [4.78, 5) is 23.2. The third kappa shape index (κ3) is 6.78.